The lowest BCUT2D eigenvalue weighted by atomic mass is 9.80. The molecule has 0 bridgehead atoms. The summed E-state index contributed by atoms with van der Waals surface area (Å²) in [5, 5.41) is 18.7. The Morgan fingerprint density at radius 2 is 1.90 bits per heavy atom. The van der Waals surface area contributed by atoms with Crippen LogP contribution in [-0.2, 0) is 15.1 Å². The summed E-state index contributed by atoms with van der Waals surface area (Å²) < 4.78 is 33.0. The van der Waals surface area contributed by atoms with Gasteiger partial charge in [0.15, 0.2) is 11.6 Å². The zero-order chi connectivity index (χ0) is 20.4. The summed E-state index contributed by atoms with van der Waals surface area (Å²) in [5.74, 6) is -4.53. The zero-order valence-electron chi connectivity index (χ0n) is 16.2. The number of carbonyl (C=O) groups is 1. The van der Waals surface area contributed by atoms with E-state index in [0.717, 1.165) is 0 Å². The number of piperidine rings is 1. The lowest BCUT2D eigenvalue weighted by molar-refractivity contribution is -0.176. The first-order valence-corrected chi connectivity index (χ1v) is 9.64. The third kappa shape index (κ3) is 5.17. The van der Waals surface area contributed by atoms with E-state index in [9.17, 15) is 18.7 Å². The normalized spacial score (nSPS) is 23.7. The van der Waals surface area contributed by atoms with Gasteiger partial charge in [0, 0.05) is 31.8 Å². The highest BCUT2D eigenvalue weighted by molar-refractivity contribution is 5.85. The van der Waals surface area contributed by atoms with Crippen LogP contribution in [-0.4, -0.2) is 47.6 Å². The van der Waals surface area contributed by atoms with Crippen molar-refractivity contribution >= 4 is 24.3 Å². The highest BCUT2D eigenvalue weighted by Gasteiger charge is 2.54. The van der Waals surface area contributed by atoms with Crippen molar-refractivity contribution in [1.29, 1.82) is 5.41 Å². The third-order valence-electron chi connectivity index (χ3n) is 5.92. The largest absolute Gasteiger partial charge is 0.463 e. The number of hydrogen-bond donors (Lipinski definition) is 3. The smallest absolute Gasteiger partial charge is 0.343 e. The average molecular weight is 432 g/mol. The Hall–Kier alpha value is -1.93. The molecule has 3 rings (SSSR count). The van der Waals surface area contributed by atoms with E-state index in [4.69, 9.17) is 15.9 Å². The maximum Gasteiger partial charge on any atom is 0.343 e. The molecule has 2 aliphatic rings. The molecule has 162 valence electrons. The Morgan fingerprint density at radius 1 is 1.28 bits per heavy atom. The van der Waals surface area contributed by atoms with Crippen molar-refractivity contribution in [2.24, 2.45) is 17.6 Å². The quantitative estimate of drug-likeness (QED) is 0.378. The SMILES string of the molecule is Cl.N=C(N)N1CCC(COC(=O)C(O)(c2ccccc2)C2CCC(F)(F)C2)CC1. The van der Waals surface area contributed by atoms with Crippen molar-refractivity contribution in [3.8, 4) is 0 Å². The Morgan fingerprint density at radius 3 is 2.41 bits per heavy atom. The molecule has 6 nitrogen and oxygen atoms in total. The molecule has 2 fully saturated rings. The van der Waals surface area contributed by atoms with Gasteiger partial charge in [0.2, 0.25) is 5.92 Å². The number of carbonyl (C=O) groups excluding carboxylic acids is 1. The van der Waals surface area contributed by atoms with Crippen LogP contribution in [0.25, 0.3) is 0 Å². The van der Waals surface area contributed by atoms with Gasteiger partial charge >= 0.3 is 5.97 Å². The summed E-state index contributed by atoms with van der Waals surface area (Å²) in [5.41, 5.74) is 3.68. The van der Waals surface area contributed by atoms with Crippen molar-refractivity contribution < 1.29 is 23.4 Å². The van der Waals surface area contributed by atoms with E-state index >= 15 is 0 Å². The predicted octanol–water partition coefficient (Wildman–Crippen LogP) is 2.88. The molecule has 2 atom stereocenters. The molecule has 0 aromatic heterocycles. The Bertz CT molecular complexity index is 714. The molecule has 1 aromatic rings. The molecule has 1 saturated carbocycles. The fourth-order valence-corrected chi connectivity index (χ4v) is 4.16. The third-order valence-corrected chi connectivity index (χ3v) is 5.92. The summed E-state index contributed by atoms with van der Waals surface area (Å²) in [6, 6.07) is 8.21. The van der Waals surface area contributed by atoms with Gasteiger partial charge in [0.1, 0.15) is 0 Å². The number of halogens is 3. The first-order chi connectivity index (χ1) is 13.2. The second kappa shape index (κ2) is 9.26. The van der Waals surface area contributed by atoms with E-state index in [-0.39, 0.29) is 49.3 Å². The monoisotopic (exact) mass is 431 g/mol. The van der Waals surface area contributed by atoms with Gasteiger partial charge < -0.3 is 20.5 Å². The summed E-state index contributed by atoms with van der Waals surface area (Å²) >= 11 is 0. The Balaban J connectivity index is 0.00000300. The number of hydrogen-bond acceptors (Lipinski definition) is 4. The van der Waals surface area contributed by atoms with Crippen molar-refractivity contribution in [2.45, 2.75) is 43.6 Å². The molecule has 2 unspecified atom stereocenters. The summed E-state index contributed by atoms with van der Waals surface area (Å²) in [6.45, 7) is 1.33. The van der Waals surface area contributed by atoms with E-state index in [1.165, 1.54) is 0 Å². The fourth-order valence-electron chi connectivity index (χ4n) is 4.16. The van der Waals surface area contributed by atoms with Gasteiger partial charge in [0.25, 0.3) is 0 Å². The molecule has 0 spiro atoms. The average Bonchev–Trinajstić information content (AvgIpc) is 3.06. The molecule has 0 radical (unpaired) electrons. The number of nitrogens with zero attached hydrogens (tertiary/aromatic N) is 1. The molecular weight excluding hydrogens is 404 g/mol. The standard InChI is InChI=1S/C20H27F2N3O3.ClH/c21-19(22)9-6-16(12-19)20(27,15-4-2-1-3-5-15)17(26)28-13-14-7-10-25(11-8-14)18(23)24;/h1-5,14,16,27H,6-13H2,(H3,23,24);1H. The molecule has 9 heteroatoms. The van der Waals surface area contributed by atoms with Gasteiger partial charge in [-0.05, 0) is 30.7 Å². The minimum atomic E-state index is -2.88. The van der Waals surface area contributed by atoms with Gasteiger partial charge in [0.05, 0.1) is 6.61 Å². The van der Waals surface area contributed by atoms with Gasteiger partial charge in [-0.25, -0.2) is 13.6 Å². The van der Waals surface area contributed by atoms with E-state index < -0.39 is 29.8 Å². The summed E-state index contributed by atoms with van der Waals surface area (Å²) in [7, 11) is 0. The van der Waals surface area contributed by atoms with Crippen LogP contribution in [0.2, 0.25) is 0 Å². The van der Waals surface area contributed by atoms with Crippen LogP contribution in [0.3, 0.4) is 0 Å². The topological polar surface area (TPSA) is 99.6 Å². The number of rotatable bonds is 5. The van der Waals surface area contributed by atoms with Crippen LogP contribution in [0, 0.1) is 17.2 Å². The molecule has 0 amide bonds. The molecule has 1 aromatic carbocycles. The van der Waals surface area contributed by atoms with Crippen LogP contribution in [0.1, 0.15) is 37.7 Å². The van der Waals surface area contributed by atoms with Crippen LogP contribution < -0.4 is 5.73 Å². The number of nitrogens with two attached hydrogens (primary N) is 1. The minimum Gasteiger partial charge on any atom is -0.463 e. The van der Waals surface area contributed by atoms with Crippen molar-refractivity contribution in [2.75, 3.05) is 19.7 Å². The number of alkyl halides is 2. The second-order valence-electron chi connectivity index (χ2n) is 7.84. The van der Waals surface area contributed by atoms with E-state index in [0.29, 0.717) is 25.9 Å². The van der Waals surface area contributed by atoms with Crippen LogP contribution in [0.15, 0.2) is 30.3 Å². The number of nitrogens with one attached hydrogen (secondary N) is 1. The van der Waals surface area contributed by atoms with E-state index in [2.05, 4.69) is 0 Å². The highest BCUT2D eigenvalue weighted by Crippen LogP contribution is 2.48. The zero-order valence-corrected chi connectivity index (χ0v) is 17.0. The van der Waals surface area contributed by atoms with Gasteiger partial charge in [-0.2, -0.15) is 0 Å². The molecule has 1 heterocycles. The molecule has 1 aliphatic carbocycles. The van der Waals surface area contributed by atoms with Crippen molar-refractivity contribution in [1.82, 2.24) is 4.90 Å². The maximum atomic E-state index is 13.8. The highest BCUT2D eigenvalue weighted by atomic mass is 35.5. The summed E-state index contributed by atoms with van der Waals surface area (Å²) in [6.07, 6.45) is 0.592. The van der Waals surface area contributed by atoms with Crippen molar-refractivity contribution in [3.63, 3.8) is 0 Å². The molecular formula is C20H28ClF2N3O3. The molecule has 1 aliphatic heterocycles. The fraction of sp³-hybridized carbons (Fsp3) is 0.600. The molecule has 29 heavy (non-hydrogen) atoms. The first-order valence-electron chi connectivity index (χ1n) is 9.64. The van der Waals surface area contributed by atoms with Crippen LogP contribution >= 0.6 is 12.4 Å². The van der Waals surface area contributed by atoms with Gasteiger partial charge in [-0.1, -0.05) is 30.3 Å². The van der Waals surface area contributed by atoms with Crippen molar-refractivity contribution in [3.05, 3.63) is 35.9 Å². The Kier molecular flexibility index (Phi) is 7.45. The van der Waals surface area contributed by atoms with Gasteiger partial charge in [-0.15, -0.1) is 12.4 Å². The number of aliphatic hydroxyl groups is 1. The Labute approximate surface area is 175 Å². The summed E-state index contributed by atoms with van der Waals surface area (Å²) in [4.78, 5) is 14.6. The molecule has 4 N–H and O–H groups in total. The first kappa shape index (κ1) is 23.3. The maximum absolute atomic E-state index is 13.8. The number of esters is 1. The second-order valence-corrected chi connectivity index (χ2v) is 7.84. The van der Waals surface area contributed by atoms with Crippen LogP contribution in [0.4, 0.5) is 8.78 Å². The molecule has 1 saturated heterocycles. The van der Waals surface area contributed by atoms with Crippen LogP contribution in [0.5, 0.6) is 0 Å². The van der Waals surface area contributed by atoms with E-state index in [1.54, 1.807) is 35.2 Å². The number of guanidine groups is 1. The minimum absolute atomic E-state index is 0. The lowest BCUT2D eigenvalue weighted by Crippen LogP contribution is -2.46. The number of benzene rings is 1. The number of ether oxygens (including phenoxy) is 1. The van der Waals surface area contributed by atoms with Gasteiger partial charge in [-0.3, -0.25) is 5.41 Å². The lowest BCUT2D eigenvalue weighted by Gasteiger charge is -2.34. The van der Waals surface area contributed by atoms with E-state index in [1.807, 2.05) is 0 Å². The predicted molar refractivity (Wildman–Crippen MR) is 107 cm³/mol. The number of likely N-dealkylation sites (tertiary alicyclic amines) is 1.